The zero-order chi connectivity index (χ0) is 24.3. The lowest BCUT2D eigenvalue weighted by molar-refractivity contribution is -0.153. The molecule has 0 bridgehead atoms. The van der Waals surface area contributed by atoms with Gasteiger partial charge in [0.15, 0.2) is 0 Å². The van der Waals surface area contributed by atoms with Gasteiger partial charge in [0.1, 0.15) is 18.2 Å². The lowest BCUT2D eigenvalue weighted by Crippen LogP contribution is -2.60. The highest BCUT2D eigenvalue weighted by atomic mass is 16.5. The van der Waals surface area contributed by atoms with Crippen LogP contribution in [0, 0.1) is 0 Å². The van der Waals surface area contributed by atoms with Gasteiger partial charge in [-0.3, -0.25) is 4.79 Å². The topological polar surface area (TPSA) is 95.9 Å². The number of ether oxygens (including phenoxy) is 1. The second-order valence-electron chi connectivity index (χ2n) is 9.34. The third-order valence-corrected chi connectivity index (χ3v) is 7.20. The maximum atomic E-state index is 13.4. The van der Waals surface area contributed by atoms with E-state index in [1.165, 1.54) is 4.90 Å². The number of fused-ring (bicyclic) bond motifs is 3. The van der Waals surface area contributed by atoms with E-state index in [9.17, 15) is 19.5 Å². The van der Waals surface area contributed by atoms with Crippen molar-refractivity contribution in [2.24, 2.45) is 0 Å². The second-order valence-corrected chi connectivity index (χ2v) is 9.34. The Bertz CT molecular complexity index is 1040. The number of aliphatic carboxylic acids is 1. The number of alkyl carbamates (subject to hydrolysis) is 1. The predicted molar refractivity (Wildman–Crippen MR) is 129 cm³/mol. The highest BCUT2D eigenvalue weighted by molar-refractivity contribution is 5.92. The fourth-order valence-corrected chi connectivity index (χ4v) is 5.08. The average Bonchev–Trinajstić information content (AvgIpc) is 2.97. The number of carboxylic acids is 1. The van der Waals surface area contributed by atoms with E-state index < -0.39 is 23.6 Å². The van der Waals surface area contributed by atoms with Crippen LogP contribution in [0.4, 0.5) is 4.79 Å². The SMILES string of the molecule is CCC(C)(NC(=O)OCC1c2ccccc2-c2ccccc21)C(=O)N1CCCCCC1C(=O)O. The molecule has 2 atom stereocenters. The largest absolute Gasteiger partial charge is 0.480 e. The number of hydrogen-bond donors (Lipinski definition) is 2. The smallest absolute Gasteiger partial charge is 0.408 e. The van der Waals surface area contributed by atoms with Gasteiger partial charge in [-0.1, -0.05) is 68.3 Å². The highest BCUT2D eigenvalue weighted by Gasteiger charge is 2.42. The van der Waals surface area contributed by atoms with Crippen LogP contribution in [-0.2, 0) is 14.3 Å². The van der Waals surface area contributed by atoms with Crippen LogP contribution in [0.25, 0.3) is 11.1 Å². The molecule has 7 nitrogen and oxygen atoms in total. The number of carbonyl (C=O) groups excluding carboxylic acids is 2. The summed E-state index contributed by atoms with van der Waals surface area (Å²) in [5.74, 6) is -1.46. The maximum Gasteiger partial charge on any atom is 0.408 e. The zero-order valence-corrected chi connectivity index (χ0v) is 19.8. The number of nitrogens with zero attached hydrogens (tertiary/aromatic N) is 1. The Labute approximate surface area is 200 Å². The van der Waals surface area contributed by atoms with Crippen molar-refractivity contribution in [1.82, 2.24) is 10.2 Å². The predicted octanol–water partition coefficient (Wildman–Crippen LogP) is 4.55. The van der Waals surface area contributed by atoms with E-state index in [0.29, 0.717) is 19.4 Å². The lowest BCUT2D eigenvalue weighted by atomic mass is 9.95. The van der Waals surface area contributed by atoms with Crippen molar-refractivity contribution in [1.29, 1.82) is 0 Å². The van der Waals surface area contributed by atoms with Crippen LogP contribution < -0.4 is 5.32 Å². The summed E-state index contributed by atoms with van der Waals surface area (Å²) in [5, 5.41) is 12.4. The van der Waals surface area contributed by atoms with Gasteiger partial charge in [-0.25, -0.2) is 9.59 Å². The molecule has 0 spiro atoms. The minimum atomic E-state index is -1.25. The second kappa shape index (κ2) is 9.87. The molecule has 2 N–H and O–H groups in total. The number of carboxylic acid groups (broad SMARTS) is 1. The van der Waals surface area contributed by atoms with E-state index in [1.807, 2.05) is 36.4 Å². The van der Waals surface area contributed by atoms with Gasteiger partial charge >= 0.3 is 12.1 Å². The van der Waals surface area contributed by atoms with Crippen LogP contribution in [-0.4, -0.2) is 52.7 Å². The molecule has 1 fully saturated rings. The van der Waals surface area contributed by atoms with Crippen molar-refractivity contribution in [3.05, 3.63) is 59.7 Å². The summed E-state index contributed by atoms with van der Waals surface area (Å²) in [6.45, 7) is 3.96. The number of carbonyl (C=O) groups is 3. The fraction of sp³-hybridized carbons (Fsp3) is 0.444. The van der Waals surface area contributed by atoms with Crippen LogP contribution in [0.1, 0.15) is 63.0 Å². The third kappa shape index (κ3) is 4.52. The number of nitrogens with one attached hydrogen (secondary N) is 1. The first-order valence-electron chi connectivity index (χ1n) is 12.0. The zero-order valence-electron chi connectivity index (χ0n) is 19.8. The summed E-state index contributed by atoms with van der Waals surface area (Å²) >= 11 is 0. The third-order valence-electron chi connectivity index (χ3n) is 7.20. The summed E-state index contributed by atoms with van der Waals surface area (Å²) in [6, 6.07) is 15.3. The Balaban J connectivity index is 1.46. The maximum absolute atomic E-state index is 13.4. The molecule has 2 aliphatic rings. The number of benzene rings is 2. The lowest BCUT2D eigenvalue weighted by Gasteiger charge is -2.36. The molecule has 2 unspecified atom stereocenters. The number of rotatable bonds is 6. The Morgan fingerprint density at radius 1 is 1.03 bits per heavy atom. The summed E-state index contributed by atoms with van der Waals surface area (Å²) in [4.78, 5) is 39.5. The molecule has 2 amide bonds. The van der Waals surface area contributed by atoms with Crippen molar-refractivity contribution in [2.75, 3.05) is 13.2 Å². The van der Waals surface area contributed by atoms with Gasteiger partial charge in [0, 0.05) is 12.5 Å². The molecule has 2 aromatic rings. The Morgan fingerprint density at radius 2 is 1.65 bits per heavy atom. The van der Waals surface area contributed by atoms with Gasteiger partial charge < -0.3 is 20.1 Å². The highest BCUT2D eigenvalue weighted by Crippen LogP contribution is 2.44. The van der Waals surface area contributed by atoms with Gasteiger partial charge in [-0.2, -0.15) is 0 Å². The van der Waals surface area contributed by atoms with E-state index in [2.05, 4.69) is 17.4 Å². The van der Waals surface area contributed by atoms with Crippen molar-refractivity contribution < 1.29 is 24.2 Å². The van der Waals surface area contributed by atoms with Gasteiger partial charge in [0.05, 0.1) is 0 Å². The minimum Gasteiger partial charge on any atom is -0.480 e. The molecule has 1 aliphatic heterocycles. The monoisotopic (exact) mass is 464 g/mol. The average molecular weight is 465 g/mol. The van der Waals surface area contributed by atoms with E-state index in [0.717, 1.165) is 41.5 Å². The van der Waals surface area contributed by atoms with Crippen LogP contribution in [0.3, 0.4) is 0 Å². The summed E-state index contributed by atoms with van der Waals surface area (Å²) < 4.78 is 5.64. The number of amides is 2. The number of hydrogen-bond acceptors (Lipinski definition) is 4. The normalized spacial score (nSPS) is 19.4. The van der Waals surface area contributed by atoms with Crippen molar-refractivity contribution in [3.63, 3.8) is 0 Å². The quantitative estimate of drug-likeness (QED) is 0.654. The number of likely N-dealkylation sites (tertiary alicyclic amines) is 1. The van der Waals surface area contributed by atoms with Crippen LogP contribution in [0.15, 0.2) is 48.5 Å². The molecular weight excluding hydrogens is 432 g/mol. The first kappa shape index (κ1) is 23.8. The molecule has 2 aromatic carbocycles. The molecule has 180 valence electrons. The first-order chi connectivity index (χ1) is 16.4. The molecule has 1 aliphatic carbocycles. The molecule has 7 heteroatoms. The summed E-state index contributed by atoms with van der Waals surface area (Å²) in [7, 11) is 0. The molecule has 0 aromatic heterocycles. The van der Waals surface area contributed by atoms with E-state index in [-0.39, 0.29) is 18.4 Å². The van der Waals surface area contributed by atoms with Crippen LogP contribution in [0.5, 0.6) is 0 Å². The van der Waals surface area contributed by atoms with Gasteiger partial charge in [0.25, 0.3) is 0 Å². The Hall–Kier alpha value is -3.35. The molecule has 0 saturated carbocycles. The Kier molecular flexibility index (Phi) is 6.91. The molecule has 1 heterocycles. The molecular formula is C27H32N2O5. The fourth-order valence-electron chi connectivity index (χ4n) is 5.08. The molecule has 4 rings (SSSR count). The van der Waals surface area contributed by atoms with Crippen LogP contribution in [0.2, 0.25) is 0 Å². The molecule has 1 saturated heterocycles. The van der Waals surface area contributed by atoms with Crippen LogP contribution >= 0.6 is 0 Å². The summed E-state index contributed by atoms with van der Waals surface area (Å²) in [5.41, 5.74) is 3.25. The standard InChI is InChI=1S/C27H32N2O5/c1-3-27(2,25(32)29-16-10-4-5-15-23(29)24(30)31)28-26(33)34-17-22-20-13-8-6-11-18(20)19-12-7-9-14-21(19)22/h6-9,11-14,22-23H,3-5,10,15-17H2,1-2H3,(H,28,33)(H,30,31). The van der Waals surface area contributed by atoms with Gasteiger partial charge in [-0.05, 0) is 48.4 Å². The van der Waals surface area contributed by atoms with Crippen molar-refractivity contribution in [2.45, 2.75) is 63.5 Å². The first-order valence-corrected chi connectivity index (χ1v) is 12.0. The van der Waals surface area contributed by atoms with E-state index in [4.69, 9.17) is 4.74 Å². The molecule has 0 radical (unpaired) electrons. The van der Waals surface area contributed by atoms with Crippen molar-refractivity contribution >= 4 is 18.0 Å². The molecule has 34 heavy (non-hydrogen) atoms. The van der Waals surface area contributed by atoms with Gasteiger partial charge in [0.2, 0.25) is 5.91 Å². The van der Waals surface area contributed by atoms with Crippen molar-refractivity contribution in [3.8, 4) is 11.1 Å². The Morgan fingerprint density at radius 3 is 2.24 bits per heavy atom. The minimum absolute atomic E-state index is 0.0799. The van der Waals surface area contributed by atoms with E-state index in [1.54, 1.807) is 13.8 Å². The van der Waals surface area contributed by atoms with E-state index >= 15 is 0 Å². The van der Waals surface area contributed by atoms with Gasteiger partial charge in [-0.15, -0.1) is 0 Å². The summed E-state index contributed by atoms with van der Waals surface area (Å²) in [6.07, 6.45) is 2.46.